The molecule has 14 heavy (non-hydrogen) atoms. The molecule has 0 N–H and O–H groups in total. The SMILES string of the molecule is CCC(C)C1Cc2cc(C)nnc2C1. The minimum Gasteiger partial charge on any atom is -0.156 e. The molecule has 1 aromatic heterocycles. The van der Waals surface area contributed by atoms with E-state index in [1.807, 2.05) is 6.92 Å². The minimum atomic E-state index is 0.797. The van der Waals surface area contributed by atoms with Crippen molar-refractivity contribution in [1.82, 2.24) is 10.2 Å². The standard InChI is InChI=1S/C12H18N2/c1-4-8(2)10-6-11-5-9(3)13-14-12(11)7-10/h5,8,10H,4,6-7H2,1-3H3. The summed E-state index contributed by atoms with van der Waals surface area (Å²) in [6, 6.07) is 2.20. The molecule has 0 saturated heterocycles. The smallest absolute Gasteiger partial charge is 0.0666 e. The van der Waals surface area contributed by atoms with E-state index in [2.05, 4.69) is 30.1 Å². The van der Waals surface area contributed by atoms with Crippen LogP contribution in [-0.2, 0) is 12.8 Å². The van der Waals surface area contributed by atoms with Crippen molar-refractivity contribution in [1.29, 1.82) is 0 Å². The summed E-state index contributed by atoms with van der Waals surface area (Å²) in [5.41, 5.74) is 3.72. The van der Waals surface area contributed by atoms with Crippen LogP contribution in [0.1, 0.15) is 37.2 Å². The lowest BCUT2D eigenvalue weighted by Gasteiger charge is -2.15. The number of hydrogen-bond acceptors (Lipinski definition) is 2. The molecule has 1 aromatic rings. The summed E-state index contributed by atoms with van der Waals surface area (Å²) < 4.78 is 0. The number of aryl methyl sites for hydroxylation is 1. The average Bonchev–Trinajstić information content (AvgIpc) is 2.59. The van der Waals surface area contributed by atoms with Gasteiger partial charge in [-0.2, -0.15) is 10.2 Å². The molecular formula is C12H18N2. The molecule has 2 nitrogen and oxygen atoms in total. The topological polar surface area (TPSA) is 25.8 Å². The first-order chi connectivity index (χ1) is 6.70. The highest BCUT2D eigenvalue weighted by Gasteiger charge is 2.26. The van der Waals surface area contributed by atoms with Crippen molar-refractivity contribution in [3.63, 3.8) is 0 Å². The highest BCUT2D eigenvalue weighted by molar-refractivity contribution is 5.26. The normalized spacial score (nSPS) is 22.1. The van der Waals surface area contributed by atoms with E-state index in [0.29, 0.717) is 0 Å². The van der Waals surface area contributed by atoms with Crippen LogP contribution in [0, 0.1) is 18.8 Å². The van der Waals surface area contributed by atoms with Gasteiger partial charge >= 0.3 is 0 Å². The predicted octanol–water partition coefficient (Wildman–Crippen LogP) is 2.55. The van der Waals surface area contributed by atoms with Gasteiger partial charge in [0, 0.05) is 0 Å². The van der Waals surface area contributed by atoms with Crippen LogP contribution >= 0.6 is 0 Å². The Morgan fingerprint density at radius 2 is 2.21 bits per heavy atom. The minimum absolute atomic E-state index is 0.797. The van der Waals surface area contributed by atoms with Gasteiger partial charge in [-0.1, -0.05) is 20.3 Å². The molecule has 0 bridgehead atoms. The van der Waals surface area contributed by atoms with Crippen LogP contribution in [0.5, 0.6) is 0 Å². The largest absolute Gasteiger partial charge is 0.156 e. The molecule has 2 heteroatoms. The number of rotatable bonds is 2. The zero-order chi connectivity index (χ0) is 10.1. The van der Waals surface area contributed by atoms with Gasteiger partial charge in [0.25, 0.3) is 0 Å². The second-order valence-corrected chi connectivity index (χ2v) is 4.51. The van der Waals surface area contributed by atoms with Crippen molar-refractivity contribution in [2.24, 2.45) is 11.8 Å². The molecule has 0 aromatic carbocycles. The molecule has 1 aliphatic rings. The predicted molar refractivity (Wildman–Crippen MR) is 57.1 cm³/mol. The number of hydrogen-bond donors (Lipinski definition) is 0. The van der Waals surface area contributed by atoms with Gasteiger partial charge in [0.15, 0.2) is 0 Å². The Morgan fingerprint density at radius 1 is 1.43 bits per heavy atom. The van der Waals surface area contributed by atoms with Gasteiger partial charge in [0.1, 0.15) is 0 Å². The summed E-state index contributed by atoms with van der Waals surface area (Å²) in [6.07, 6.45) is 3.61. The molecule has 76 valence electrons. The van der Waals surface area contributed by atoms with Crippen LogP contribution in [0.15, 0.2) is 6.07 Å². The van der Waals surface area contributed by atoms with E-state index in [1.165, 1.54) is 24.1 Å². The van der Waals surface area contributed by atoms with Gasteiger partial charge in [-0.25, -0.2) is 0 Å². The van der Waals surface area contributed by atoms with E-state index >= 15 is 0 Å². The Hall–Kier alpha value is -0.920. The maximum atomic E-state index is 4.28. The Balaban J connectivity index is 2.17. The van der Waals surface area contributed by atoms with Crippen molar-refractivity contribution in [3.8, 4) is 0 Å². The van der Waals surface area contributed by atoms with Crippen LogP contribution < -0.4 is 0 Å². The molecule has 2 atom stereocenters. The van der Waals surface area contributed by atoms with Crippen molar-refractivity contribution >= 4 is 0 Å². The fraction of sp³-hybridized carbons (Fsp3) is 0.667. The zero-order valence-corrected chi connectivity index (χ0v) is 9.25. The Morgan fingerprint density at radius 3 is 2.93 bits per heavy atom. The van der Waals surface area contributed by atoms with E-state index in [-0.39, 0.29) is 0 Å². The Labute approximate surface area is 85.8 Å². The molecule has 0 spiro atoms. The van der Waals surface area contributed by atoms with Crippen LogP contribution in [0.3, 0.4) is 0 Å². The summed E-state index contributed by atoms with van der Waals surface area (Å²) in [7, 11) is 0. The van der Waals surface area contributed by atoms with Crippen molar-refractivity contribution in [2.45, 2.75) is 40.0 Å². The van der Waals surface area contributed by atoms with Gasteiger partial charge in [-0.15, -0.1) is 0 Å². The summed E-state index contributed by atoms with van der Waals surface area (Å²) in [5, 5.41) is 8.40. The van der Waals surface area contributed by atoms with Gasteiger partial charge in [-0.3, -0.25) is 0 Å². The quantitative estimate of drug-likeness (QED) is 0.716. The number of aromatic nitrogens is 2. The fourth-order valence-corrected chi connectivity index (χ4v) is 2.26. The van der Waals surface area contributed by atoms with E-state index in [0.717, 1.165) is 24.0 Å². The van der Waals surface area contributed by atoms with Crippen LogP contribution in [0.25, 0.3) is 0 Å². The van der Waals surface area contributed by atoms with Crippen molar-refractivity contribution in [3.05, 3.63) is 23.0 Å². The molecular weight excluding hydrogens is 172 g/mol. The third-order valence-electron chi connectivity index (χ3n) is 3.47. The average molecular weight is 190 g/mol. The third-order valence-corrected chi connectivity index (χ3v) is 3.47. The van der Waals surface area contributed by atoms with Crippen molar-refractivity contribution in [2.75, 3.05) is 0 Å². The van der Waals surface area contributed by atoms with Gasteiger partial charge in [0.05, 0.1) is 11.4 Å². The fourth-order valence-electron chi connectivity index (χ4n) is 2.26. The highest BCUT2D eigenvalue weighted by atomic mass is 15.1. The van der Waals surface area contributed by atoms with Crippen LogP contribution in [0.4, 0.5) is 0 Å². The first kappa shape index (κ1) is 9.63. The molecule has 1 heterocycles. The summed E-state index contributed by atoms with van der Waals surface area (Å²) in [4.78, 5) is 0. The summed E-state index contributed by atoms with van der Waals surface area (Å²) >= 11 is 0. The second kappa shape index (κ2) is 3.68. The lowest BCUT2D eigenvalue weighted by Crippen LogP contribution is -2.10. The van der Waals surface area contributed by atoms with Crippen LogP contribution in [-0.4, -0.2) is 10.2 Å². The zero-order valence-electron chi connectivity index (χ0n) is 9.25. The molecule has 0 fully saturated rings. The molecule has 1 aliphatic carbocycles. The highest BCUT2D eigenvalue weighted by Crippen LogP contribution is 2.31. The molecule has 0 saturated carbocycles. The summed E-state index contributed by atoms with van der Waals surface area (Å²) in [5.74, 6) is 1.61. The van der Waals surface area contributed by atoms with Gasteiger partial charge in [-0.05, 0) is 43.2 Å². The first-order valence-corrected chi connectivity index (χ1v) is 5.52. The van der Waals surface area contributed by atoms with E-state index < -0.39 is 0 Å². The van der Waals surface area contributed by atoms with E-state index in [9.17, 15) is 0 Å². The molecule has 0 aliphatic heterocycles. The van der Waals surface area contributed by atoms with Crippen LogP contribution in [0.2, 0.25) is 0 Å². The molecule has 2 unspecified atom stereocenters. The molecule has 0 amide bonds. The lowest BCUT2D eigenvalue weighted by atomic mass is 9.90. The van der Waals surface area contributed by atoms with Crippen molar-refractivity contribution < 1.29 is 0 Å². The monoisotopic (exact) mass is 190 g/mol. The summed E-state index contributed by atoms with van der Waals surface area (Å²) in [6.45, 7) is 6.63. The van der Waals surface area contributed by atoms with E-state index in [1.54, 1.807) is 0 Å². The van der Waals surface area contributed by atoms with Gasteiger partial charge in [0.2, 0.25) is 0 Å². The lowest BCUT2D eigenvalue weighted by molar-refractivity contribution is 0.362. The maximum Gasteiger partial charge on any atom is 0.0666 e. The molecule has 0 radical (unpaired) electrons. The number of fused-ring (bicyclic) bond motifs is 1. The first-order valence-electron chi connectivity index (χ1n) is 5.52. The Bertz CT molecular complexity index is 333. The Kier molecular flexibility index (Phi) is 2.53. The third kappa shape index (κ3) is 1.66. The maximum absolute atomic E-state index is 4.28. The second-order valence-electron chi connectivity index (χ2n) is 4.51. The van der Waals surface area contributed by atoms with Gasteiger partial charge < -0.3 is 0 Å². The molecule has 2 rings (SSSR count). The van der Waals surface area contributed by atoms with E-state index in [4.69, 9.17) is 0 Å². The number of nitrogens with zero attached hydrogens (tertiary/aromatic N) is 2.